The molecule has 0 aliphatic heterocycles. The molecule has 0 aliphatic carbocycles. The van der Waals surface area contributed by atoms with Gasteiger partial charge in [0.15, 0.2) is 0 Å². The van der Waals surface area contributed by atoms with Gasteiger partial charge in [-0.2, -0.15) is 0 Å². The maximum atomic E-state index is 5.99. The first-order chi connectivity index (χ1) is 9.58. The Kier molecular flexibility index (Phi) is 5.21. The van der Waals surface area contributed by atoms with Crippen LogP contribution in [0.4, 0.5) is 5.69 Å². The van der Waals surface area contributed by atoms with Crippen LogP contribution in [0.25, 0.3) is 0 Å². The third-order valence-electron chi connectivity index (χ3n) is 3.37. The smallest absolute Gasteiger partial charge is 0.0525 e. The molecule has 0 saturated heterocycles. The van der Waals surface area contributed by atoms with Crippen LogP contribution in [-0.2, 0) is 13.0 Å². The normalized spacial score (nSPS) is 12.7. The first kappa shape index (κ1) is 15.1. The first-order valence-electron chi connectivity index (χ1n) is 7.20. The van der Waals surface area contributed by atoms with Gasteiger partial charge in [-0.3, -0.25) is 0 Å². The van der Waals surface area contributed by atoms with Gasteiger partial charge in [0, 0.05) is 22.6 Å². The highest BCUT2D eigenvalue weighted by molar-refractivity contribution is 7.09. The molecule has 108 valence electrons. The first-order valence-corrected chi connectivity index (χ1v) is 8.08. The summed E-state index contributed by atoms with van der Waals surface area (Å²) in [6.07, 6.45) is 0.920. The van der Waals surface area contributed by atoms with Crippen molar-refractivity contribution in [3.8, 4) is 0 Å². The van der Waals surface area contributed by atoms with E-state index in [9.17, 15) is 0 Å². The highest BCUT2D eigenvalue weighted by Crippen LogP contribution is 2.26. The van der Waals surface area contributed by atoms with Gasteiger partial charge in [0.25, 0.3) is 0 Å². The molecule has 0 bridgehead atoms. The molecule has 0 fully saturated rings. The number of benzene rings is 1. The summed E-state index contributed by atoms with van der Waals surface area (Å²) < 4.78 is 0. The third-order valence-corrected chi connectivity index (χ3v) is 4.23. The molecule has 2 aromatic rings. The van der Waals surface area contributed by atoms with Crippen molar-refractivity contribution in [3.05, 3.63) is 52.2 Å². The van der Waals surface area contributed by atoms with E-state index in [-0.39, 0.29) is 6.04 Å². The number of thiophene rings is 1. The Bertz CT molecular complexity index is 518. The van der Waals surface area contributed by atoms with Gasteiger partial charge in [0.1, 0.15) is 0 Å². The fourth-order valence-corrected chi connectivity index (χ4v) is 3.13. The molecule has 20 heavy (non-hydrogen) atoms. The maximum absolute atomic E-state index is 5.99. The lowest BCUT2D eigenvalue weighted by atomic mass is 10.0. The third kappa shape index (κ3) is 3.84. The number of hydrogen-bond donors (Lipinski definition) is 1. The summed E-state index contributed by atoms with van der Waals surface area (Å²) in [5.41, 5.74) is 8.64. The van der Waals surface area contributed by atoms with E-state index < -0.39 is 0 Å². The van der Waals surface area contributed by atoms with E-state index in [0.717, 1.165) is 13.0 Å². The predicted octanol–water partition coefficient (Wildman–Crippen LogP) is 4.05. The van der Waals surface area contributed by atoms with Crippen LogP contribution >= 0.6 is 11.3 Å². The highest BCUT2D eigenvalue weighted by Gasteiger charge is 2.15. The largest absolute Gasteiger partial charge is 0.364 e. The van der Waals surface area contributed by atoms with Crippen molar-refractivity contribution in [3.63, 3.8) is 0 Å². The molecule has 0 saturated carbocycles. The molecule has 0 spiro atoms. The number of nitrogens with two attached hydrogens (primary N) is 1. The molecule has 3 heteroatoms. The summed E-state index contributed by atoms with van der Waals surface area (Å²) in [6, 6.07) is 13.6. The van der Waals surface area contributed by atoms with Crippen molar-refractivity contribution < 1.29 is 0 Å². The van der Waals surface area contributed by atoms with E-state index in [1.807, 2.05) is 11.3 Å². The Morgan fingerprint density at radius 1 is 1.10 bits per heavy atom. The summed E-state index contributed by atoms with van der Waals surface area (Å²) in [4.78, 5) is 3.86. The van der Waals surface area contributed by atoms with E-state index >= 15 is 0 Å². The molecule has 0 aliphatic rings. The van der Waals surface area contributed by atoms with Crippen molar-refractivity contribution in [2.75, 3.05) is 4.90 Å². The zero-order valence-electron chi connectivity index (χ0n) is 12.5. The van der Waals surface area contributed by atoms with Crippen LogP contribution in [0.3, 0.4) is 0 Å². The molecule has 1 heterocycles. The molecule has 0 amide bonds. The average molecular weight is 288 g/mol. The predicted molar refractivity (Wildman–Crippen MR) is 89.4 cm³/mol. The number of para-hydroxylation sites is 1. The van der Waals surface area contributed by atoms with Crippen LogP contribution in [0.15, 0.2) is 41.8 Å². The molecule has 1 aromatic carbocycles. The summed E-state index contributed by atoms with van der Waals surface area (Å²) in [5.74, 6) is 0. The molecule has 2 nitrogen and oxygen atoms in total. The molecule has 1 aromatic heterocycles. The van der Waals surface area contributed by atoms with Crippen LogP contribution in [0.5, 0.6) is 0 Å². The summed E-state index contributed by atoms with van der Waals surface area (Å²) in [7, 11) is 0. The fraction of sp³-hybridized carbons (Fsp3) is 0.412. The second-order valence-electron chi connectivity index (χ2n) is 5.61. The van der Waals surface area contributed by atoms with Crippen LogP contribution in [-0.4, -0.2) is 12.1 Å². The lowest BCUT2D eigenvalue weighted by Crippen LogP contribution is -2.31. The van der Waals surface area contributed by atoms with Crippen molar-refractivity contribution in [1.82, 2.24) is 0 Å². The zero-order valence-corrected chi connectivity index (χ0v) is 13.4. The number of hydrogen-bond acceptors (Lipinski definition) is 3. The quantitative estimate of drug-likeness (QED) is 0.869. The van der Waals surface area contributed by atoms with Gasteiger partial charge in [0.2, 0.25) is 0 Å². The van der Waals surface area contributed by atoms with Gasteiger partial charge in [-0.25, -0.2) is 0 Å². The minimum absolute atomic E-state index is 0.187. The standard InChI is InChI=1S/C17H24N2S/c1-13(2)19(12-16-8-6-10-20-16)17-9-5-4-7-15(17)11-14(3)18/h4-10,13-14H,11-12,18H2,1-3H3. The average Bonchev–Trinajstić information content (AvgIpc) is 2.89. The second-order valence-corrected chi connectivity index (χ2v) is 6.64. The van der Waals surface area contributed by atoms with E-state index in [0.29, 0.717) is 6.04 Å². The van der Waals surface area contributed by atoms with Crippen LogP contribution in [0, 0.1) is 0 Å². The Morgan fingerprint density at radius 3 is 2.45 bits per heavy atom. The minimum atomic E-state index is 0.187. The minimum Gasteiger partial charge on any atom is -0.364 e. The van der Waals surface area contributed by atoms with E-state index in [1.165, 1.54) is 16.1 Å². The maximum Gasteiger partial charge on any atom is 0.0525 e. The number of rotatable bonds is 6. The summed E-state index contributed by atoms with van der Waals surface area (Å²) >= 11 is 1.82. The van der Waals surface area contributed by atoms with Gasteiger partial charge in [-0.05, 0) is 50.3 Å². The fourth-order valence-electron chi connectivity index (χ4n) is 2.43. The van der Waals surface area contributed by atoms with Gasteiger partial charge in [-0.15, -0.1) is 11.3 Å². The Hall–Kier alpha value is -1.32. The van der Waals surface area contributed by atoms with E-state index in [2.05, 4.69) is 67.4 Å². The van der Waals surface area contributed by atoms with E-state index in [4.69, 9.17) is 5.73 Å². The second kappa shape index (κ2) is 6.91. The van der Waals surface area contributed by atoms with Crippen molar-refractivity contribution in [2.24, 2.45) is 5.73 Å². The molecule has 1 atom stereocenters. The summed E-state index contributed by atoms with van der Waals surface area (Å²) in [5, 5.41) is 2.14. The topological polar surface area (TPSA) is 29.3 Å². The Labute approximate surface area is 126 Å². The Balaban J connectivity index is 2.29. The van der Waals surface area contributed by atoms with Gasteiger partial charge in [0.05, 0.1) is 6.54 Å². The van der Waals surface area contributed by atoms with Crippen molar-refractivity contribution in [1.29, 1.82) is 0 Å². The van der Waals surface area contributed by atoms with Crippen molar-refractivity contribution >= 4 is 17.0 Å². The van der Waals surface area contributed by atoms with Gasteiger partial charge in [-0.1, -0.05) is 24.3 Å². The van der Waals surface area contributed by atoms with Gasteiger partial charge >= 0.3 is 0 Å². The van der Waals surface area contributed by atoms with Crippen LogP contribution < -0.4 is 10.6 Å². The highest BCUT2D eigenvalue weighted by atomic mass is 32.1. The molecule has 2 rings (SSSR count). The van der Waals surface area contributed by atoms with Gasteiger partial charge < -0.3 is 10.6 Å². The molecular weight excluding hydrogens is 264 g/mol. The van der Waals surface area contributed by atoms with Crippen LogP contribution in [0.1, 0.15) is 31.2 Å². The van der Waals surface area contributed by atoms with E-state index in [1.54, 1.807) is 0 Å². The Morgan fingerprint density at radius 2 is 1.85 bits per heavy atom. The summed E-state index contributed by atoms with van der Waals surface area (Å²) in [6.45, 7) is 7.52. The lowest BCUT2D eigenvalue weighted by Gasteiger charge is -2.31. The lowest BCUT2D eigenvalue weighted by molar-refractivity contribution is 0.674. The SMILES string of the molecule is CC(N)Cc1ccccc1N(Cc1cccs1)C(C)C. The monoisotopic (exact) mass is 288 g/mol. The zero-order chi connectivity index (χ0) is 14.5. The number of anilines is 1. The molecular formula is C17H24N2S. The molecule has 2 N–H and O–H groups in total. The molecule has 0 radical (unpaired) electrons. The number of nitrogens with zero attached hydrogens (tertiary/aromatic N) is 1. The van der Waals surface area contributed by atoms with Crippen LogP contribution in [0.2, 0.25) is 0 Å². The molecule has 1 unspecified atom stereocenters. The van der Waals surface area contributed by atoms with Crippen molar-refractivity contribution in [2.45, 2.75) is 45.8 Å².